The van der Waals surface area contributed by atoms with E-state index in [1.54, 1.807) is 0 Å². The lowest BCUT2D eigenvalue weighted by molar-refractivity contribution is 0.447. The van der Waals surface area contributed by atoms with E-state index in [4.69, 9.17) is 0 Å². The summed E-state index contributed by atoms with van der Waals surface area (Å²) >= 11 is 1.43. The molecule has 0 atom stereocenters. The van der Waals surface area contributed by atoms with E-state index in [-0.39, 0.29) is 5.56 Å². The van der Waals surface area contributed by atoms with E-state index in [1.807, 2.05) is 4.98 Å². The number of fused-ring (bicyclic) bond motifs is 1. The molecule has 0 spiro atoms. The van der Waals surface area contributed by atoms with Gasteiger partial charge in [0.25, 0.3) is 5.56 Å². The van der Waals surface area contributed by atoms with Crippen LogP contribution in [0, 0.1) is 11.3 Å². The van der Waals surface area contributed by atoms with Crippen LogP contribution in [-0.2, 0) is 12.8 Å². The molecule has 3 rings (SSSR count). The Hall–Kier alpha value is -2.66. The first-order valence-electron chi connectivity index (χ1n) is 6.74. The van der Waals surface area contributed by atoms with Crippen LogP contribution in [0.4, 0.5) is 5.00 Å². The molecule has 112 valence electrons. The van der Waals surface area contributed by atoms with Crippen LogP contribution in [0.15, 0.2) is 14.6 Å². The average molecular weight is 316 g/mol. The molecule has 0 amide bonds. The fourth-order valence-corrected chi connectivity index (χ4v) is 3.67. The van der Waals surface area contributed by atoms with Crippen molar-refractivity contribution in [2.24, 2.45) is 4.99 Å². The van der Waals surface area contributed by atoms with Crippen LogP contribution in [-0.4, -0.2) is 21.3 Å². The first kappa shape index (κ1) is 14.3. The van der Waals surface area contributed by atoms with Crippen molar-refractivity contribution in [3.8, 4) is 11.9 Å². The zero-order chi connectivity index (χ0) is 15.7. The van der Waals surface area contributed by atoms with Crippen LogP contribution in [0.5, 0.6) is 5.88 Å². The Kier molecular flexibility index (Phi) is 3.65. The lowest BCUT2D eigenvalue weighted by atomic mass is 9.96. The maximum Gasteiger partial charge on any atom is 0.328 e. The third-order valence-corrected chi connectivity index (χ3v) is 4.73. The minimum atomic E-state index is -0.788. The highest BCUT2D eigenvalue weighted by molar-refractivity contribution is 7.16. The van der Waals surface area contributed by atoms with Crippen molar-refractivity contribution in [1.29, 1.82) is 5.26 Å². The van der Waals surface area contributed by atoms with Crippen molar-refractivity contribution < 1.29 is 5.11 Å². The van der Waals surface area contributed by atoms with E-state index in [0.717, 1.165) is 36.1 Å². The highest BCUT2D eigenvalue weighted by atomic mass is 32.1. The summed E-state index contributed by atoms with van der Waals surface area (Å²) in [5.74, 6) is -0.544. The lowest BCUT2D eigenvalue weighted by Crippen LogP contribution is -2.24. The van der Waals surface area contributed by atoms with Gasteiger partial charge in [-0.3, -0.25) is 14.8 Å². The van der Waals surface area contributed by atoms with Crippen LogP contribution in [0.3, 0.4) is 0 Å². The summed E-state index contributed by atoms with van der Waals surface area (Å²) in [6, 6.07) is 2.17. The zero-order valence-corrected chi connectivity index (χ0v) is 12.3. The second-order valence-electron chi connectivity index (χ2n) is 4.93. The predicted octanol–water partition coefficient (Wildman–Crippen LogP) is 1.33. The van der Waals surface area contributed by atoms with Gasteiger partial charge in [0.15, 0.2) is 0 Å². The molecular weight excluding hydrogens is 304 g/mol. The molecule has 0 unspecified atom stereocenters. The molecule has 1 aliphatic rings. The SMILES string of the molecule is N#Cc1c(N=Cc2c(O)[nH]c(=O)[nH]c2=O)sc2c1CCCC2. The monoisotopic (exact) mass is 316 g/mol. The van der Waals surface area contributed by atoms with Gasteiger partial charge in [-0.2, -0.15) is 5.26 Å². The van der Waals surface area contributed by atoms with E-state index < -0.39 is 17.1 Å². The van der Waals surface area contributed by atoms with Crippen molar-refractivity contribution in [2.45, 2.75) is 25.7 Å². The fraction of sp³-hybridized carbons (Fsp3) is 0.286. The minimum absolute atomic E-state index is 0.144. The molecule has 0 bridgehead atoms. The lowest BCUT2D eigenvalue weighted by Gasteiger charge is -2.09. The molecule has 2 aromatic heterocycles. The Labute approximate surface area is 128 Å². The topological polar surface area (TPSA) is 122 Å². The molecule has 0 saturated carbocycles. The number of aryl methyl sites for hydroxylation is 1. The highest BCUT2D eigenvalue weighted by Crippen LogP contribution is 2.39. The van der Waals surface area contributed by atoms with Crippen molar-refractivity contribution in [3.05, 3.63) is 42.4 Å². The quantitative estimate of drug-likeness (QED) is 0.723. The molecule has 2 heterocycles. The third kappa shape index (κ3) is 2.46. The van der Waals surface area contributed by atoms with Crippen LogP contribution >= 0.6 is 11.3 Å². The van der Waals surface area contributed by atoms with E-state index >= 15 is 0 Å². The van der Waals surface area contributed by atoms with Gasteiger partial charge in [-0.1, -0.05) is 0 Å². The summed E-state index contributed by atoms with van der Waals surface area (Å²) < 4.78 is 0. The zero-order valence-electron chi connectivity index (χ0n) is 11.5. The number of thiophene rings is 1. The van der Waals surface area contributed by atoms with E-state index in [0.29, 0.717) is 10.6 Å². The Bertz CT molecular complexity index is 914. The Morgan fingerprint density at radius 1 is 1.27 bits per heavy atom. The first-order valence-corrected chi connectivity index (χ1v) is 7.56. The second kappa shape index (κ2) is 5.61. The Morgan fingerprint density at radius 3 is 2.77 bits per heavy atom. The summed E-state index contributed by atoms with van der Waals surface area (Å²) in [4.78, 5) is 32.1. The number of H-pyrrole nitrogens is 2. The van der Waals surface area contributed by atoms with Crippen molar-refractivity contribution in [1.82, 2.24) is 9.97 Å². The fourth-order valence-electron chi connectivity index (χ4n) is 2.48. The molecule has 2 aromatic rings. The van der Waals surface area contributed by atoms with Gasteiger partial charge in [-0.15, -0.1) is 11.3 Å². The number of aliphatic imine (C=N–C) groups is 1. The number of hydrogen-bond acceptors (Lipinski definition) is 6. The smallest absolute Gasteiger partial charge is 0.328 e. The maximum atomic E-state index is 11.6. The summed E-state index contributed by atoms with van der Waals surface area (Å²) in [5.41, 5.74) is -0.0783. The largest absolute Gasteiger partial charge is 0.494 e. The van der Waals surface area contributed by atoms with Gasteiger partial charge in [0.2, 0.25) is 5.88 Å². The molecule has 0 fully saturated rings. The molecule has 7 nitrogen and oxygen atoms in total. The molecule has 8 heteroatoms. The number of nitriles is 1. The van der Waals surface area contributed by atoms with Crippen molar-refractivity contribution >= 4 is 22.6 Å². The number of aromatic amines is 2. The summed E-state index contributed by atoms with van der Waals surface area (Å²) in [5, 5.41) is 19.5. The van der Waals surface area contributed by atoms with E-state index in [1.165, 1.54) is 17.6 Å². The van der Waals surface area contributed by atoms with Gasteiger partial charge in [0, 0.05) is 11.1 Å². The van der Waals surface area contributed by atoms with Gasteiger partial charge in [0.1, 0.15) is 16.6 Å². The number of nitrogens with one attached hydrogen (secondary N) is 2. The Morgan fingerprint density at radius 2 is 2.05 bits per heavy atom. The predicted molar refractivity (Wildman–Crippen MR) is 82.3 cm³/mol. The molecule has 1 aliphatic carbocycles. The van der Waals surface area contributed by atoms with Crippen molar-refractivity contribution in [3.63, 3.8) is 0 Å². The maximum absolute atomic E-state index is 11.6. The molecule has 0 aromatic carbocycles. The first-order chi connectivity index (χ1) is 10.6. The standard InChI is InChI=1S/C14H12N4O3S/c15-5-8-7-3-1-2-4-10(7)22-13(8)16-6-9-11(19)17-14(21)18-12(9)20/h6H,1-4H2,(H3,17,18,19,20,21). The van der Waals surface area contributed by atoms with Crippen LogP contribution in [0.1, 0.15) is 34.4 Å². The van der Waals surface area contributed by atoms with Gasteiger partial charge in [-0.25, -0.2) is 9.79 Å². The number of aromatic nitrogens is 2. The van der Waals surface area contributed by atoms with Gasteiger partial charge >= 0.3 is 5.69 Å². The second-order valence-corrected chi connectivity index (χ2v) is 6.02. The van der Waals surface area contributed by atoms with Crippen LogP contribution in [0.2, 0.25) is 0 Å². The van der Waals surface area contributed by atoms with E-state index in [9.17, 15) is 20.0 Å². The van der Waals surface area contributed by atoms with Crippen LogP contribution < -0.4 is 11.2 Å². The summed E-state index contributed by atoms with van der Waals surface area (Å²) in [7, 11) is 0. The Balaban J connectivity index is 2.04. The van der Waals surface area contributed by atoms with Gasteiger partial charge in [0.05, 0.1) is 5.56 Å². The molecule has 22 heavy (non-hydrogen) atoms. The number of aromatic hydroxyl groups is 1. The number of rotatable bonds is 2. The molecule has 0 saturated heterocycles. The average Bonchev–Trinajstić information content (AvgIpc) is 2.83. The number of hydrogen-bond donors (Lipinski definition) is 3. The summed E-state index contributed by atoms with van der Waals surface area (Å²) in [6.07, 6.45) is 5.13. The van der Waals surface area contributed by atoms with Gasteiger partial charge < -0.3 is 5.11 Å². The molecule has 3 N–H and O–H groups in total. The normalized spacial score (nSPS) is 14.0. The molecular formula is C14H12N4O3S. The minimum Gasteiger partial charge on any atom is -0.494 e. The third-order valence-electron chi connectivity index (χ3n) is 3.53. The van der Waals surface area contributed by atoms with Crippen molar-refractivity contribution in [2.75, 3.05) is 0 Å². The summed E-state index contributed by atoms with van der Waals surface area (Å²) in [6.45, 7) is 0. The van der Waals surface area contributed by atoms with Gasteiger partial charge in [-0.05, 0) is 31.2 Å². The molecule has 0 aliphatic heterocycles. The van der Waals surface area contributed by atoms with Crippen LogP contribution in [0.25, 0.3) is 0 Å². The van der Waals surface area contributed by atoms with E-state index in [2.05, 4.69) is 16.0 Å². The molecule has 0 radical (unpaired) electrons. The highest BCUT2D eigenvalue weighted by Gasteiger charge is 2.20. The number of nitrogens with zero attached hydrogens (tertiary/aromatic N) is 2.